The van der Waals surface area contributed by atoms with Crippen LogP contribution in [-0.4, -0.2) is 52.8 Å². The van der Waals surface area contributed by atoms with Gasteiger partial charge in [0.25, 0.3) is 0 Å². The molecule has 2 rings (SSSR count). The van der Waals surface area contributed by atoms with Crippen molar-refractivity contribution in [3.8, 4) is 0 Å². The van der Waals surface area contributed by atoms with E-state index in [4.69, 9.17) is 14.4 Å². The molecule has 1 heterocycles. The summed E-state index contributed by atoms with van der Waals surface area (Å²) in [5.74, 6) is 0. The van der Waals surface area contributed by atoms with Gasteiger partial charge in [-0.15, -0.1) is 0 Å². The normalized spacial score (nSPS) is 34.8. The van der Waals surface area contributed by atoms with Crippen LogP contribution in [0.25, 0.3) is 0 Å². The van der Waals surface area contributed by atoms with Crippen molar-refractivity contribution >= 4 is 57.8 Å². The molecule has 2 aliphatic rings. The summed E-state index contributed by atoms with van der Waals surface area (Å²) >= 11 is 1.47. The van der Waals surface area contributed by atoms with E-state index in [1.165, 1.54) is 11.8 Å². The van der Waals surface area contributed by atoms with Gasteiger partial charge in [-0.1, -0.05) is 24.3 Å². The van der Waals surface area contributed by atoms with Crippen molar-refractivity contribution < 1.29 is 19.5 Å². The first-order valence-electron chi connectivity index (χ1n) is 3.19. The molecule has 1 saturated heterocycles. The second-order valence-corrected chi connectivity index (χ2v) is 4.18. The zero-order valence-electron chi connectivity index (χ0n) is 6.67. The van der Waals surface area contributed by atoms with E-state index < -0.39 is 13.2 Å². The Morgan fingerprint density at radius 3 is 2.38 bits per heavy atom. The van der Waals surface area contributed by atoms with Crippen LogP contribution in [0.5, 0.6) is 0 Å². The Balaban J connectivity index is 0.000000256. The van der Waals surface area contributed by atoms with Crippen LogP contribution in [0.4, 0.5) is 0 Å². The predicted molar refractivity (Wildman–Crippen MR) is 49.4 cm³/mol. The number of rotatable bonds is 0. The maximum Gasteiger partial charge on any atom is 2.00 e. The average molecular weight is 246 g/mol. The number of fused-ring (bicyclic) bond motifs is 1. The minimum absolute atomic E-state index is 0. The van der Waals surface area contributed by atoms with Crippen molar-refractivity contribution in [3.63, 3.8) is 0 Å². The Labute approximate surface area is 111 Å². The Morgan fingerprint density at radius 1 is 1.54 bits per heavy atom. The summed E-state index contributed by atoms with van der Waals surface area (Å²) in [6.07, 6.45) is 7.43. The van der Waals surface area contributed by atoms with Gasteiger partial charge in [-0.05, 0) is 4.93 Å². The summed E-state index contributed by atoms with van der Waals surface area (Å²) in [5, 5.41) is 11.3. The molecule has 0 aromatic carbocycles. The molecule has 0 aromatic rings. The van der Waals surface area contributed by atoms with Gasteiger partial charge < -0.3 is 19.5 Å². The molecule has 0 bridgehead atoms. The zero-order chi connectivity index (χ0) is 9.19. The number of hydrogen-bond acceptors (Lipinski definition) is 4. The first-order valence-corrected chi connectivity index (χ1v) is 5.33. The van der Waals surface area contributed by atoms with Crippen molar-refractivity contribution in [2.45, 2.75) is 10.2 Å². The van der Waals surface area contributed by atoms with Crippen molar-refractivity contribution in [1.82, 2.24) is 0 Å². The second-order valence-electron chi connectivity index (χ2n) is 2.27. The van der Waals surface area contributed by atoms with E-state index in [1.807, 2.05) is 18.2 Å². The van der Waals surface area contributed by atoms with E-state index in [0.717, 1.165) is 0 Å². The topological polar surface area (TPSA) is 83.4 Å². The molecule has 0 saturated carbocycles. The quantitative estimate of drug-likeness (QED) is 0.324. The van der Waals surface area contributed by atoms with E-state index in [0.29, 0.717) is 0 Å². The van der Waals surface area contributed by atoms with Gasteiger partial charge in [-0.25, -0.2) is 0 Å². The van der Waals surface area contributed by atoms with Gasteiger partial charge in [-0.3, -0.25) is 0 Å². The third kappa shape index (κ3) is 5.00. The number of thioether (sulfide) groups is 1. The number of hydrogen-bond donors (Lipinski definition) is 1. The van der Waals surface area contributed by atoms with Crippen LogP contribution in [0.15, 0.2) is 24.3 Å². The Kier molecular flexibility index (Phi) is 6.48. The molecule has 13 heavy (non-hydrogen) atoms. The smallest absolute Gasteiger partial charge is 0.837 e. The largest absolute Gasteiger partial charge is 2.00 e. The van der Waals surface area contributed by atoms with E-state index >= 15 is 0 Å². The van der Waals surface area contributed by atoms with Gasteiger partial charge in [0, 0.05) is 5.25 Å². The Bertz CT molecular complexity index is 253. The summed E-state index contributed by atoms with van der Waals surface area (Å²) in [4.78, 5) is 14.9. The number of allylic oxidation sites excluding steroid dienone is 2. The Morgan fingerprint density at radius 2 is 2.08 bits per heavy atom. The Hall–Kier alpha value is 1.20. The minimum atomic E-state index is -3.38. The van der Waals surface area contributed by atoms with Crippen molar-refractivity contribution in [2.24, 2.45) is 0 Å². The third-order valence-corrected chi connectivity index (χ3v) is 2.64. The maximum atomic E-state index is 11.0. The van der Waals surface area contributed by atoms with E-state index in [1.54, 1.807) is 6.08 Å². The van der Waals surface area contributed by atoms with Crippen LogP contribution in [0.2, 0.25) is 0 Å². The summed E-state index contributed by atoms with van der Waals surface area (Å²) in [5.41, 5.74) is 0. The van der Waals surface area contributed by atoms with Crippen LogP contribution in [0, 0.1) is 0 Å². The predicted octanol–water partition coefficient (Wildman–Crippen LogP) is -1.37. The molecule has 68 valence electrons. The summed E-state index contributed by atoms with van der Waals surface area (Å²) in [6.45, 7) is 0. The van der Waals surface area contributed by atoms with E-state index in [2.05, 4.69) is 0 Å². The summed E-state index contributed by atoms with van der Waals surface area (Å²) in [6, 6.07) is 0. The summed E-state index contributed by atoms with van der Waals surface area (Å²) in [7, 11) is -3.38. The molecule has 0 amide bonds. The molecule has 3 unspecified atom stereocenters. The molecule has 0 radical (unpaired) electrons. The molecule has 1 aliphatic heterocycles. The van der Waals surface area contributed by atoms with Crippen molar-refractivity contribution in [3.05, 3.63) is 24.3 Å². The van der Waals surface area contributed by atoms with Crippen LogP contribution >= 0.6 is 20.0 Å². The molecule has 3 atom stereocenters. The van der Waals surface area contributed by atoms with Crippen molar-refractivity contribution in [2.75, 3.05) is 0 Å². The minimum Gasteiger partial charge on any atom is -0.837 e. The molecular weight excluding hydrogens is 239 g/mol. The molecule has 1 fully saturated rings. The second kappa shape index (κ2) is 5.93. The van der Waals surface area contributed by atoms with Gasteiger partial charge in [0.2, 0.25) is 0 Å². The van der Waals surface area contributed by atoms with Gasteiger partial charge in [0.15, 0.2) is 0 Å². The van der Waals surface area contributed by atoms with Crippen LogP contribution in [-0.2, 0) is 4.57 Å². The first kappa shape index (κ1) is 14.2. The van der Waals surface area contributed by atoms with Gasteiger partial charge >= 0.3 is 37.7 Å². The molecule has 1 aliphatic carbocycles. The standard InChI is InChI=1S/C6H5OS.Ca.H3O3P/c7-6-4-2-1-3-5(6)8-6;;1-4(2)3/h1-5H;;4H,(H2,1,2,3)/q-1;+2;/p-1. The third-order valence-electron chi connectivity index (χ3n) is 1.38. The first-order chi connectivity index (χ1) is 5.54. The zero-order valence-corrected chi connectivity index (χ0v) is 10.7. The van der Waals surface area contributed by atoms with Gasteiger partial charge in [-0.2, -0.15) is 11.8 Å². The molecular formula is C6H7CaO4PS. The van der Waals surface area contributed by atoms with Crippen LogP contribution < -0.4 is 10.00 Å². The van der Waals surface area contributed by atoms with Crippen LogP contribution in [0.1, 0.15) is 0 Å². The molecule has 0 spiro atoms. The fraction of sp³-hybridized carbons (Fsp3) is 0.333. The molecule has 1 N–H and O–H groups in total. The van der Waals surface area contributed by atoms with Gasteiger partial charge in [0.1, 0.15) is 8.25 Å². The maximum absolute atomic E-state index is 11.0. The molecule has 0 aromatic heterocycles. The summed E-state index contributed by atoms with van der Waals surface area (Å²) < 4.78 is 8.63. The van der Waals surface area contributed by atoms with Gasteiger partial charge in [0.05, 0.1) is 0 Å². The van der Waals surface area contributed by atoms with E-state index in [-0.39, 0.29) is 43.0 Å². The fourth-order valence-electron chi connectivity index (χ4n) is 0.827. The van der Waals surface area contributed by atoms with E-state index in [9.17, 15) is 5.11 Å². The fourth-order valence-corrected chi connectivity index (χ4v) is 1.64. The monoisotopic (exact) mass is 246 g/mol. The van der Waals surface area contributed by atoms with Crippen molar-refractivity contribution in [1.29, 1.82) is 0 Å². The molecule has 4 nitrogen and oxygen atoms in total. The molecule has 7 heteroatoms. The average Bonchev–Trinajstić information content (AvgIpc) is 2.58. The SMILES string of the molecule is O=[PH]([O-])O.[Ca+2].[O-]C12C=CC=CC1S2. The van der Waals surface area contributed by atoms with Crippen LogP contribution in [0.3, 0.4) is 0 Å².